The lowest BCUT2D eigenvalue weighted by atomic mass is 9.90. The van der Waals surface area contributed by atoms with Crippen molar-refractivity contribution in [2.75, 3.05) is 0 Å². The quantitative estimate of drug-likeness (QED) is 0.624. The predicted molar refractivity (Wildman–Crippen MR) is 61.2 cm³/mol. The Morgan fingerprint density at radius 1 is 1.36 bits per heavy atom. The molecular weight excluding hydrogens is 174 g/mol. The summed E-state index contributed by atoms with van der Waals surface area (Å²) in [4.78, 5) is 11.2. The summed E-state index contributed by atoms with van der Waals surface area (Å²) in [5.74, 6) is -0.0583. The van der Waals surface area contributed by atoms with Gasteiger partial charge in [-0.1, -0.05) is 39.7 Å². The van der Waals surface area contributed by atoms with E-state index in [0.717, 1.165) is 25.7 Å². The smallest absolute Gasteiger partial charge is 0.243 e. The third-order valence-corrected chi connectivity index (χ3v) is 2.49. The average molecular weight is 197 g/mol. The Bertz CT molecular complexity index is 189. The molecule has 1 unspecified atom stereocenters. The van der Waals surface area contributed by atoms with Gasteiger partial charge < -0.3 is 5.32 Å². The van der Waals surface area contributed by atoms with Gasteiger partial charge in [0.25, 0.3) is 0 Å². The van der Waals surface area contributed by atoms with Gasteiger partial charge in [-0.25, -0.2) is 0 Å². The van der Waals surface area contributed by atoms with E-state index >= 15 is 0 Å². The minimum absolute atomic E-state index is 0.0456. The molecule has 82 valence electrons. The van der Waals surface area contributed by atoms with Crippen LogP contribution in [0.4, 0.5) is 0 Å². The molecule has 0 heterocycles. The Balaban J connectivity index is 4.21. The van der Waals surface area contributed by atoms with E-state index in [4.69, 9.17) is 0 Å². The first-order valence-corrected chi connectivity index (χ1v) is 5.52. The average Bonchev–Trinajstić information content (AvgIpc) is 2.15. The fourth-order valence-electron chi connectivity index (χ4n) is 1.72. The molecule has 0 rings (SSSR count). The van der Waals surface area contributed by atoms with E-state index in [-0.39, 0.29) is 11.4 Å². The summed E-state index contributed by atoms with van der Waals surface area (Å²) in [6, 6.07) is 0. The molecule has 0 aromatic heterocycles. The Labute approximate surface area is 87.8 Å². The van der Waals surface area contributed by atoms with Crippen molar-refractivity contribution < 1.29 is 4.79 Å². The Morgan fingerprint density at radius 2 is 2.00 bits per heavy atom. The molecule has 2 nitrogen and oxygen atoms in total. The molecule has 0 fully saturated rings. The molecule has 2 heteroatoms. The summed E-state index contributed by atoms with van der Waals surface area (Å²) in [6.07, 6.45) is 6.86. The van der Waals surface area contributed by atoms with Gasteiger partial charge in [0.1, 0.15) is 0 Å². The highest BCUT2D eigenvalue weighted by molar-refractivity contribution is 5.87. The number of hydrogen-bond donors (Lipinski definition) is 1. The minimum Gasteiger partial charge on any atom is -0.347 e. The summed E-state index contributed by atoms with van der Waals surface area (Å²) in [5.41, 5.74) is -0.0456. The van der Waals surface area contributed by atoms with Gasteiger partial charge in [-0.05, 0) is 25.8 Å². The fourth-order valence-corrected chi connectivity index (χ4v) is 1.72. The van der Waals surface area contributed by atoms with Crippen LogP contribution in [0.15, 0.2) is 12.7 Å². The zero-order chi connectivity index (χ0) is 11.0. The summed E-state index contributed by atoms with van der Waals surface area (Å²) in [5, 5.41) is 3.02. The number of unbranched alkanes of at least 4 members (excludes halogenated alkanes) is 1. The van der Waals surface area contributed by atoms with Crippen LogP contribution < -0.4 is 5.32 Å². The number of rotatable bonds is 7. The van der Waals surface area contributed by atoms with Crippen LogP contribution in [0.5, 0.6) is 0 Å². The molecule has 0 aromatic carbocycles. The van der Waals surface area contributed by atoms with Crippen LogP contribution in [0, 0.1) is 0 Å². The topological polar surface area (TPSA) is 29.1 Å². The molecule has 1 N–H and O–H groups in total. The maximum Gasteiger partial charge on any atom is 0.243 e. The van der Waals surface area contributed by atoms with Gasteiger partial charge in [0, 0.05) is 5.54 Å². The highest BCUT2D eigenvalue weighted by Crippen LogP contribution is 2.19. The van der Waals surface area contributed by atoms with Crippen molar-refractivity contribution in [3.63, 3.8) is 0 Å². The molecule has 0 aliphatic heterocycles. The van der Waals surface area contributed by atoms with Gasteiger partial charge in [0.15, 0.2) is 0 Å². The van der Waals surface area contributed by atoms with E-state index in [2.05, 4.69) is 32.7 Å². The highest BCUT2D eigenvalue weighted by Gasteiger charge is 2.23. The monoisotopic (exact) mass is 197 g/mol. The number of carbonyl (C=O) groups excluding carboxylic acids is 1. The van der Waals surface area contributed by atoms with E-state index in [0.29, 0.717) is 0 Å². The van der Waals surface area contributed by atoms with E-state index in [9.17, 15) is 4.79 Å². The maximum absolute atomic E-state index is 11.2. The van der Waals surface area contributed by atoms with Crippen LogP contribution >= 0.6 is 0 Å². The van der Waals surface area contributed by atoms with E-state index in [1.165, 1.54) is 12.5 Å². The predicted octanol–water partition coefficient (Wildman–Crippen LogP) is 3.04. The van der Waals surface area contributed by atoms with Crippen molar-refractivity contribution in [1.82, 2.24) is 5.32 Å². The number of carbonyl (C=O) groups is 1. The summed E-state index contributed by atoms with van der Waals surface area (Å²) >= 11 is 0. The minimum atomic E-state index is -0.0583. The molecule has 0 aromatic rings. The largest absolute Gasteiger partial charge is 0.347 e. The van der Waals surface area contributed by atoms with Crippen molar-refractivity contribution in [2.45, 2.75) is 58.4 Å². The second-order valence-corrected chi connectivity index (χ2v) is 4.11. The number of nitrogens with one attached hydrogen (secondary N) is 1. The summed E-state index contributed by atoms with van der Waals surface area (Å²) in [6.45, 7) is 9.90. The number of amides is 1. The maximum atomic E-state index is 11.2. The second kappa shape index (κ2) is 6.63. The Morgan fingerprint density at radius 3 is 2.43 bits per heavy atom. The fraction of sp³-hybridized carbons (Fsp3) is 0.750. The molecular formula is C12H23NO. The molecule has 0 radical (unpaired) electrons. The standard InChI is InChI=1S/C12H23NO/c1-5-8-10-12(4,9-6-2)13-11(14)7-3/h7H,3,5-6,8-10H2,1-2,4H3,(H,13,14). The van der Waals surface area contributed by atoms with Crippen LogP contribution in [0.25, 0.3) is 0 Å². The summed E-state index contributed by atoms with van der Waals surface area (Å²) < 4.78 is 0. The SMILES string of the molecule is C=CC(=O)NC(C)(CCC)CCCC. The lowest BCUT2D eigenvalue weighted by Crippen LogP contribution is -2.45. The van der Waals surface area contributed by atoms with Crippen molar-refractivity contribution >= 4 is 5.91 Å². The lowest BCUT2D eigenvalue weighted by Gasteiger charge is -2.30. The molecule has 0 saturated heterocycles. The van der Waals surface area contributed by atoms with Crippen LogP contribution in [0.2, 0.25) is 0 Å². The Hall–Kier alpha value is -0.790. The van der Waals surface area contributed by atoms with Gasteiger partial charge >= 0.3 is 0 Å². The molecule has 0 saturated carbocycles. The van der Waals surface area contributed by atoms with Crippen LogP contribution in [0.1, 0.15) is 52.9 Å². The number of hydrogen-bond acceptors (Lipinski definition) is 1. The normalized spacial score (nSPS) is 14.5. The van der Waals surface area contributed by atoms with Crippen molar-refractivity contribution in [2.24, 2.45) is 0 Å². The summed E-state index contributed by atoms with van der Waals surface area (Å²) in [7, 11) is 0. The molecule has 0 aliphatic rings. The molecule has 0 spiro atoms. The highest BCUT2D eigenvalue weighted by atomic mass is 16.1. The van der Waals surface area contributed by atoms with E-state index in [1.807, 2.05) is 0 Å². The molecule has 14 heavy (non-hydrogen) atoms. The van der Waals surface area contributed by atoms with Gasteiger partial charge in [0.05, 0.1) is 0 Å². The second-order valence-electron chi connectivity index (χ2n) is 4.11. The molecule has 1 atom stereocenters. The van der Waals surface area contributed by atoms with Crippen molar-refractivity contribution in [3.8, 4) is 0 Å². The van der Waals surface area contributed by atoms with E-state index < -0.39 is 0 Å². The first kappa shape index (κ1) is 13.2. The first-order chi connectivity index (χ1) is 6.58. The van der Waals surface area contributed by atoms with Gasteiger partial charge in [-0.15, -0.1) is 0 Å². The van der Waals surface area contributed by atoms with E-state index in [1.54, 1.807) is 0 Å². The molecule has 0 aliphatic carbocycles. The van der Waals surface area contributed by atoms with Gasteiger partial charge in [0.2, 0.25) is 5.91 Å². The third-order valence-electron chi connectivity index (χ3n) is 2.49. The van der Waals surface area contributed by atoms with Crippen molar-refractivity contribution in [3.05, 3.63) is 12.7 Å². The third kappa shape index (κ3) is 5.05. The molecule has 1 amide bonds. The zero-order valence-electron chi connectivity index (χ0n) is 9.73. The lowest BCUT2D eigenvalue weighted by molar-refractivity contribution is -0.118. The van der Waals surface area contributed by atoms with Crippen LogP contribution in [-0.2, 0) is 4.79 Å². The first-order valence-electron chi connectivity index (χ1n) is 5.52. The van der Waals surface area contributed by atoms with Gasteiger partial charge in [-0.2, -0.15) is 0 Å². The Kier molecular flexibility index (Phi) is 6.26. The van der Waals surface area contributed by atoms with Crippen molar-refractivity contribution in [1.29, 1.82) is 0 Å². The zero-order valence-corrected chi connectivity index (χ0v) is 9.73. The van der Waals surface area contributed by atoms with Crippen LogP contribution in [-0.4, -0.2) is 11.4 Å². The van der Waals surface area contributed by atoms with Crippen LogP contribution in [0.3, 0.4) is 0 Å². The van der Waals surface area contributed by atoms with Gasteiger partial charge in [-0.3, -0.25) is 4.79 Å². The molecule has 0 bridgehead atoms.